The van der Waals surface area contributed by atoms with Crippen LogP contribution in [-0.4, -0.2) is 16.1 Å². The van der Waals surface area contributed by atoms with Crippen molar-refractivity contribution in [2.75, 3.05) is 0 Å². The molecule has 1 aromatic carbocycles. The summed E-state index contributed by atoms with van der Waals surface area (Å²) < 4.78 is 0. The molecule has 0 radical (unpaired) electrons. The summed E-state index contributed by atoms with van der Waals surface area (Å²) in [7, 11) is 0. The Balaban J connectivity index is 2.19. The molecule has 5 nitrogen and oxygen atoms in total. The molecule has 22 heavy (non-hydrogen) atoms. The minimum atomic E-state index is -0.327. The molecule has 5 heteroatoms. The zero-order valence-corrected chi connectivity index (χ0v) is 13.1. The fourth-order valence-corrected chi connectivity index (χ4v) is 2.28. The van der Waals surface area contributed by atoms with Crippen LogP contribution in [0.3, 0.4) is 0 Å². The molecule has 1 heterocycles. The van der Waals surface area contributed by atoms with E-state index >= 15 is 0 Å². The van der Waals surface area contributed by atoms with Crippen LogP contribution >= 0.6 is 0 Å². The van der Waals surface area contributed by atoms with Gasteiger partial charge in [0.25, 0.3) is 11.5 Å². The Labute approximate surface area is 129 Å². The minimum absolute atomic E-state index is 0.105. The number of benzene rings is 1. The molecule has 0 aliphatic rings. The van der Waals surface area contributed by atoms with Crippen LogP contribution < -0.4 is 10.9 Å². The number of hydrogen-bond acceptors (Lipinski definition) is 3. The largest absolute Gasteiger partial charge is 0.344 e. The molecule has 2 rings (SSSR count). The summed E-state index contributed by atoms with van der Waals surface area (Å²) >= 11 is 0. The van der Waals surface area contributed by atoms with E-state index in [1.165, 1.54) is 17.7 Å². The first-order valence-electron chi connectivity index (χ1n) is 7.46. The van der Waals surface area contributed by atoms with Crippen molar-refractivity contribution in [3.63, 3.8) is 0 Å². The Morgan fingerprint density at radius 3 is 2.36 bits per heavy atom. The number of hydrogen-bond donors (Lipinski definition) is 2. The maximum absolute atomic E-state index is 12.3. The maximum Gasteiger partial charge on any atom is 0.272 e. The predicted molar refractivity (Wildman–Crippen MR) is 85.7 cm³/mol. The first-order chi connectivity index (χ1) is 10.5. The van der Waals surface area contributed by atoms with Crippen molar-refractivity contribution in [1.82, 2.24) is 15.5 Å². The van der Waals surface area contributed by atoms with E-state index in [0.717, 1.165) is 12.0 Å². The van der Waals surface area contributed by atoms with E-state index < -0.39 is 0 Å². The van der Waals surface area contributed by atoms with E-state index in [-0.39, 0.29) is 29.1 Å². The number of nitrogens with zero attached hydrogens (tertiary/aromatic N) is 1. The SMILES string of the molecule is CCc1ccc(C(NC(=O)c2ccc(=O)[nH]n2)C(C)C)cc1. The van der Waals surface area contributed by atoms with Crippen molar-refractivity contribution in [2.24, 2.45) is 5.92 Å². The zero-order valence-electron chi connectivity index (χ0n) is 13.1. The summed E-state index contributed by atoms with van der Waals surface area (Å²) in [5, 5.41) is 9.02. The van der Waals surface area contributed by atoms with Gasteiger partial charge in [-0.1, -0.05) is 45.0 Å². The van der Waals surface area contributed by atoms with E-state index in [9.17, 15) is 9.59 Å². The number of aryl methyl sites for hydroxylation is 1. The molecule has 0 fully saturated rings. The van der Waals surface area contributed by atoms with Crippen LogP contribution in [0.2, 0.25) is 0 Å². The number of rotatable bonds is 5. The molecule has 0 saturated carbocycles. The molecule has 1 unspecified atom stereocenters. The lowest BCUT2D eigenvalue weighted by Gasteiger charge is -2.23. The Hall–Kier alpha value is -2.43. The van der Waals surface area contributed by atoms with Gasteiger partial charge in [0.2, 0.25) is 0 Å². The van der Waals surface area contributed by atoms with Crippen LogP contribution in [0.25, 0.3) is 0 Å². The number of carbonyl (C=O) groups is 1. The van der Waals surface area contributed by atoms with Gasteiger partial charge in [0.15, 0.2) is 0 Å². The Morgan fingerprint density at radius 2 is 1.86 bits per heavy atom. The smallest absolute Gasteiger partial charge is 0.272 e. The van der Waals surface area contributed by atoms with Crippen molar-refractivity contribution in [2.45, 2.75) is 33.2 Å². The Kier molecular flexibility index (Phi) is 5.09. The average molecular weight is 299 g/mol. The average Bonchev–Trinajstić information content (AvgIpc) is 2.53. The van der Waals surface area contributed by atoms with Gasteiger partial charge in [0.05, 0.1) is 6.04 Å². The minimum Gasteiger partial charge on any atom is -0.344 e. The summed E-state index contributed by atoms with van der Waals surface area (Å²) in [6.45, 7) is 6.22. The van der Waals surface area contributed by atoms with Gasteiger partial charge in [-0.25, -0.2) is 5.10 Å². The fraction of sp³-hybridized carbons (Fsp3) is 0.353. The maximum atomic E-state index is 12.3. The molecule has 0 aliphatic carbocycles. The molecule has 116 valence electrons. The van der Waals surface area contributed by atoms with Gasteiger partial charge < -0.3 is 5.32 Å². The standard InChI is InChI=1S/C17H21N3O2/c1-4-12-5-7-13(8-6-12)16(11(2)3)18-17(22)14-9-10-15(21)20-19-14/h5-11,16H,4H2,1-3H3,(H,18,22)(H,20,21). The molecular formula is C17H21N3O2. The summed E-state index contributed by atoms with van der Waals surface area (Å²) in [4.78, 5) is 23.3. The molecular weight excluding hydrogens is 278 g/mol. The van der Waals surface area contributed by atoms with Gasteiger partial charge in [0, 0.05) is 6.07 Å². The molecule has 2 N–H and O–H groups in total. The molecule has 0 saturated heterocycles. The number of carbonyl (C=O) groups excluding carboxylic acids is 1. The predicted octanol–water partition coefficient (Wildman–Crippen LogP) is 2.46. The molecule has 2 aromatic rings. The third-order valence-corrected chi connectivity index (χ3v) is 3.61. The number of nitrogens with one attached hydrogen (secondary N) is 2. The highest BCUT2D eigenvalue weighted by Crippen LogP contribution is 2.22. The highest BCUT2D eigenvalue weighted by Gasteiger charge is 2.19. The number of H-pyrrole nitrogens is 1. The number of aromatic amines is 1. The molecule has 0 aliphatic heterocycles. The lowest BCUT2D eigenvalue weighted by Crippen LogP contribution is -2.32. The third-order valence-electron chi connectivity index (χ3n) is 3.61. The van der Waals surface area contributed by atoms with E-state index in [1.54, 1.807) is 0 Å². The van der Waals surface area contributed by atoms with Gasteiger partial charge in [-0.15, -0.1) is 0 Å². The van der Waals surface area contributed by atoms with Crippen molar-refractivity contribution < 1.29 is 4.79 Å². The van der Waals surface area contributed by atoms with Crippen molar-refractivity contribution in [3.8, 4) is 0 Å². The quantitative estimate of drug-likeness (QED) is 0.890. The van der Waals surface area contributed by atoms with Crippen LogP contribution in [-0.2, 0) is 6.42 Å². The molecule has 0 spiro atoms. The first-order valence-corrected chi connectivity index (χ1v) is 7.46. The lowest BCUT2D eigenvalue weighted by molar-refractivity contribution is 0.0919. The normalized spacial score (nSPS) is 12.2. The number of aromatic nitrogens is 2. The van der Waals surface area contributed by atoms with Gasteiger partial charge in [-0.3, -0.25) is 9.59 Å². The molecule has 1 amide bonds. The second kappa shape index (κ2) is 7.02. The van der Waals surface area contributed by atoms with Gasteiger partial charge in [-0.2, -0.15) is 5.10 Å². The van der Waals surface area contributed by atoms with E-state index in [0.29, 0.717) is 0 Å². The van der Waals surface area contributed by atoms with Crippen molar-refractivity contribution >= 4 is 5.91 Å². The number of amides is 1. The lowest BCUT2D eigenvalue weighted by atomic mass is 9.94. The summed E-state index contributed by atoms with van der Waals surface area (Å²) in [6, 6.07) is 10.9. The second-order valence-corrected chi connectivity index (χ2v) is 5.60. The Morgan fingerprint density at radius 1 is 1.18 bits per heavy atom. The fourth-order valence-electron chi connectivity index (χ4n) is 2.28. The van der Waals surface area contributed by atoms with E-state index in [2.05, 4.69) is 48.4 Å². The van der Waals surface area contributed by atoms with E-state index in [4.69, 9.17) is 0 Å². The first kappa shape index (κ1) is 15.9. The van der Waals surface area contributed by atoms with Gasteiger partial charge in [0.1, 0.15) is 5.69 Å². The van der Waals surface area contributed by atoms with E-state index in [1.807, 2.05) is 12.1 Å². The van der Waals surface area contributed by atoms with Crippen LogP contribution in [0, 0.1) is 5.92 Å². The monoisotopic (exact) mass is 299 g/mol. The summed E-state index contributed by atoms with van der Waals surface area (Å²) in [5.74, 6) is -0.0614. The van der Waals surface area contributed by atoms with Crippen LogP contribution in [0.15, 0.2) is 41.2 Å². The van der Waals surface area contributed by atoms with Gasteiger partial charge in [-0.05, 0) is 29.5 Å². The van der Waals surface area contributed by atoms with Crippen molar-refractivity contribution in [1.29, 1.82) is 0 Å². The third kappa shape index (κ3) is 3.81. The van der Waals surface area contributed by atoms with Crippen LogP contribution in [0.4, 0.5) is 0 Å². The summed E-state index contributed by atoms with van der Waals surface area (Å²) in [5.41, 5.74) is 2.20. The topological polar surface area (TPSA) is 74.8 Å². The molecule has 0 bridgehead atoms. The highest BCUT2D eigenvalue weighted by molar-refractivity contribution is 5.92. The second-order valence-electron chi connectivity index (χ2n) is 5.60. The zero-order chi connectivity index (χ0) is 16.1. The van der Waals surface area contributed by atoms with Crippen molar-refractivity contribution in [3.05, 3.63) is 63.6 Å². The Bertz CT molecular complexity index is 669. The highest BCUT2D eigenvalue weighted by atomic mass is 16.2. The van der Waals surface area contributed by atoms with Crippen LogP contribution in [0.1, 0.15) is 48.4 Å². The summed E-state index contributed by atoms with van der Waals surface area (Å²) in [6.07, 6.45) is 0.986. The van der Waals surface area contributed by atoms with Gasteiger partial charge >= 0.3 is 0 Å². The van der Waals surface area contributed by atoms with Crippen LogP contribution in [0.5, 0.6) is 0 Å². The molecule has 1 atom stereocenters. The molecule has 1 aromatic heterocycles.